The monoisotopic (exact) mass is 509 g/mol. The van der Waals surface area contributed by atoms with Crippen molar-refractivity contribution >= 4 is 11.7 Å². The molecule has 6 nitrogen and oxygen atoms in total. The molecule has 2 aliphatic carbocycles. The summed E-state index contributed by atoms with van der Waals surface area (Å²) in [4.78, 5) is 27.8. The smallest absolute Gasteiger partial charge is 0.233 e. The number of carbonyl (C=O) groups is 2. The Morgan fingerprint density at radius 3 is 2.30 bits per heavy atom. The van der Waals surface area contributed by atoms with E-state index in [2.05, 4.69) is 24.6 Å². The summed E-state index contributed by atoms with van der Waals surface area (Å²) in [6.07, 6.45) is 4.65. The number of allylic oxidation sites excluding steroid dienone is 4. The molecular weight excluding hydrogens is 466 g/mol. The van der Waals surface area contributed by atoms with E-state index in [1.54, 1.807) is 31.4 Å². The van der Waals surface area contributed by atoms with Crippen LogP contribution < -0.4 is 10.1 Å². The van der Waals surface area contributed by atoms with Crippen molar-refractivity contribution in [2.24, 2.45) is 28.1 Å². The molecule has 3 N–H and O–H groups in total. The van der Waals surface area contributed by atoms with Crippen molar-refractivity contribution in [3.8, 4) is 5.75 Å². The molecule has 2 saturated carbocycles. The molecule has 1 amide bonds. The molecule has 0 spiro atoms. The quantitative estimate of drug-likeness (QED) is 0.312. The predicted octanol–water partition coefficient (Wildman–Crippen LogP) is 4.76. The average Bonchev–Trinajstić information content (AvgIpc) is 2.85. The lowest BCUT2D eigenvalue weighted by Crippen LogP contribution is -2.75. The number of aliphatic hydroxyl groups excluding tert-OH is 2. The van der Waals surface area contributed by atoms with E-state index in [9.17, 15) is 19.8 Å². The molecule has 3 rings (SSSR count). The van der Waals surface area contributed by atoms with Gasteiger partial charge in [0.1, 0.15) is 11.7 Å². The van der Waals surface area contributed by atoms with E-state index in [1.165, 1.54) is 5.57 Å². The van der Waals surface area contributed by atoms with Crippen LogP contribution in [0.4, 0.5) is 0 Å². The van der Waals surface area contributed by atoms with Gasteiger partial charge in [0.25, 0.3) is 0 Å². The van der Waals surface area contributed by atoms with Crippen LogP contribution in [-0.2, 0) is 16.1 Å². The van der Waals surface area contributed by atoms with Crippen LogP contribution in [0.3, 0.4) is 0 Å². The molecule has 1 aromatic rings. The molecule has 0 aliphatic heterocycles. The lowest BCUT2D eigenvalue weighted by Gasteiger charge is -2.68. The zero-order valence-corrected chi connectivity index (χ0v) is 22.9. The van der Waals surface area contributed by atoms with Gasteiger partial charge in [-0.15, -0.1) is 13.2 Å². The van der Waals surface area contributed by atoms with Crippen LogP contribution in [0.15, 0.2) is 61.2 Å². The summed E-state index contributed by atoms with van der Waals surface area (Å²) in [5, 5.41) is 26.7. The van der Waals surface area contributed by atoms with Crippen molar-refractivity contribution < 1.29 is 24.5 Å². The summed E-state index contributed by atoms with van der Waals surface area (Å²) in [5.74, 6) is -1.52. The molecule has 0 saturated heterocycles. The second-order valence-corrected chi connectivity index (χ2v) is 11.6. The van der Waals surface area contributed by atoms with Crippen LogP contribution in [0.2, 0.25) is 0 Å². The van der Waals surface area contributed by atoms with Crippen molar-refractivity contribution in [2.75, 3.05) is 7.11 Å². The number of ketones is 1. The molecular formula is C31H43NO5. The molecule has 0 radical (unpaired) electrons. The number of fused-ring (bicyclic) bond motifs is 2. The number of nitrogens with one attached hydrogen (secondary N) is 1. The largest absolute Gasteiger partial charge is 0.497 e. The molecule has 6 atom stereocenters. The third kappa shape index (κ3) is 4.70. The summed E-state index contributed by atoms with van der Waals surface area (Å²) in [6, 6.07) is 7.28. The fourth-order valence-electron chi connectivity index (χ4n) is 6.91. The van der Waals surface area contributed by atoms with Crippen molar-refractivity contribution in [3.05, 3.63) is 66.8 Å². The molecule has 37 heavy (non-hydrogen) atoms. The van der Waals surface area contributed by atoms with Gasteiger partial charge in [-0.25, -0.2) is 0 Å². The van der Waals surface area contributed by atoms with E-state index in [0.29, 0.717) is 18.6 Å². The molecule has 2 aliphatic rings. The highest BCUT2D eigenvalue weighted by Crippen LogP contribution is 2.68. The Bertz CT molecular complexity index is 1050. The molecule has 202 valence electrons. The van der Waals surface area contributed by atoms with Gasteiger partial charge < -0.3 is 20.3 Å². The Kier molecular flexibility index (Phi) is 8.55. The topological polar surface area (TPSA) is 95.9 Å². The van der Waals surface area contributed by atoms with Crippen LogP contribution in [0.25, 0.3) is 0 Å². The van der Waals surface area contributed by atoms with E-state index in [-0.39, 0.29) is 25.3 Å². The molecule has 6 heteroatoms. The van der Waals surface area contributed by atoms with Crippen molar-refractivity contribution in [1.82, 2.24) is 5.32 Å². The third-order valence-electron chi connectivity index (χ3n) is 9.17. The Labute approximate surface area is 221 Å². The maximum atomic E-state index is 14.2. The SMILES string of the molecule is C=CCC12C(O)C(C(=O)NCc3ccc(OC)cc3)C(=O)[C@@](CC=C)(CC(CC=C(C)C)C1(C)C)C2O. The minimum absolute atomic E-state index is 0.00705. The van der Waals surface area contributed by atoms with Gasteiger partial charge in [0.15, 0.2) is 5.78 Å². The second kappa shape index (κ2) is 11.0. The lowest BCUT2D eigenvalue weighted by atomic mass is 9.37. The van der Waals surface area contributed by atoms with Gasteiger partial charge in [0.2, 0.25) is 5.91 Å². The van der Waals surface area contributed by atoms with Crippen molar-refractivity contribution in [3.63, 3.8) is 0 Å². The zero-order chi connectivity index (χ0) is 27.6. The van der Waals surface area contributed by atoms with Gasteiger partial charge in [0.05, 0.1) is 24.7 Å². The number of amides is 1. The summed E-state index contributed by atoms with van der Waals surface area (Å²) in [5.41, 5.74) is -0.916. The average molecular weight is 510 g/mol. The van der Waals surface area contributed by atoms with E-state index in [1.807, 2.05) is 39.8 Å². The lowest BCUT2D eigenvalue weighted by molar-refractivity contribution is -0.260. The first kappa shape index (κ1) is 28.9. The minimum atomic E-state index is -1.37. The van der Waals surface area contributed by atoms with Gasteiger partial charge in [0, 0.05) is 12.0 Å². The Balaban J connectivity index is 2.06. The number of hydrogen-bond acceptors (Lipinski definition) is 5. The number of Topliss-reactive ketones (excluding diaryl/α,β-unsaturated/α-hetero) is 1. The Hall–Kier alpha value is -2.70. The van der Waals surface area contributed by atoms with Gasteiger partial charge in [-0.2, -0.15) is 0 Å². The van der Waals surface area contributed by atoms with Gasteiger partial charge in [-0.3, -0.25) is 9.59 Å². The minimum Gasteiger partial charge on any atom is -0.497 e. The van der Waals surface area contributed by atoms with Crippen LogP contribution in [0.1, 0.15) is 58.9 Å². The molecule has 2 bridgehead atoms. The first-order valence-electron chi connectivity index (χ1n) is 13.1. The highest BCUT2D eigenvalue weighted by Gasteiger charge is 2.74. The first-order valence-corrected chi connectivity index (χ1v) is 13.1. The summed E-state index contributed by atoms with van der Waals surface area (Å²) >= 11 is 0. The van der Waals surface area contributed by atoms with Crippen LogP contribution >= 0.6 is 0 Å². The summed E-state index contributed by atoms with van der Waals surface area (Å²) in [7, 11) is 1.59. The van der Waals surface area contributed by atoms with E-state index >= 15 is 0 Å². The maximum absolute atomic E-state index is 14.2. The highest BCUT2D eigenvalue weighted by molar-refractivity contribution is 6.06. The number of methoxy groups -OCH3 is 1. The number of rotatable bonds is 10. The molecule has 5 unspecified atom stereocenters. The highest BCUT2D eigenvalue weighted by atomic mass is 16.5. The zero-order valence-electron chi connectivity index (χ0n) is 22.9. The van der Waals surface area contributed by atoms with Gasteiger partial charge in [-0.05, 0) is 68.6 Å². The fourth-order valence-corrected chi connectivity index (χ4v) is 6.91. The standard InChI is InChI=1S/C31H43NO5/c1-8-16-30-18-22(13-10-20(3)4)29(5,6)31(17-9-2,28(30)36)26(34)24(25(30)33)27(35)32-19-21-11-14-23(37-7)15-12-21/h8-12,14-15,22,24,26,28,34,36H,1-2,13,16-19H2,3-7H3,(H,32,35)/t22?,24?,26?,28?,30-,31?/m1/s1. The number of aliphatic hydroxyl groups is 2. The molecule has 0 aromatic heterocycles. The van der Waals surface area contributed by atoms with Gasteiger partial charge in [-0.1, -0.05) is 49.8 Å². The number of hydrogen-bond donors (Lipinski definition) is 3. The van der Waals surface area contributed by atoms with Crippen LogP contribution in [0, 0.1) is 28.1 Å². The third-order valence-corrected chi connectivity index (χ3v) is 9.17. The van der Waals surface area contributed by atoms with Crippen molar-refractivity contribution in [1.29, 1.82) is 0 Å². The molecule has 1 aromatic carbocycles. The Morgan fingerprint density at radius 1 is 1.14 bits per heavy atom. The van der Waals surface area contributed by atoms with E-state index in [0.717, 1.165) is 5.56 Å². The second-order valence-electron chi connectivity index (χ2n) is 11.6. The summed E-state index contributed by atoms with van der Waals surface area (Å²) < 4.78 is 5.19. The Morgan fingerprint density at radius 2 is 1.76 bits per heavy atom. The summed E-state index contributed by atoms with van der Waals surface area (Å²) in [6.45, 7) is 16.2. The number of ether oxygens (including phenoxy) is 1. The molecule has 0 heterocycles. The normalized spacial score (nSPS) is 32.2. The number of carbonyl (C=O) groups excluding carboxylic acids is 2. The molecule has 2 fully saturated rings. The van der Waals surface area contributed by atoms with Gasteiger partial charge >= 0.3 is 0 Å². The number of benzene rings is 1. The van der Waals surface area contributed by atoms with E-state index < -0.39 is 46.1 Å². The first-order chi connectivity index (χ1) is 17.4. The predicted molar refractivity (Wildman–Crippen MR) is 146 cm³/mol. The van der Waals surface area contributed by atoms with Crippen LogP contribution in [-0.4, -0.2) is 41.2 Å². The van der Waals surface area contributed by atoms with Crippen molar-refractivity contribution in [2.45, 2.75) is 72.1 Å². The fraction of sp³-hybridized carbons (Fsp3) is 0.548. The maximum Gasteiger partial charge on any atom is 0.233 e. The van der Waals surface area contributed by atoms with Crippen LogP contribution in [0.5, 0.6) is 5.75 Å². The van der Waals surface area contributed by atoms with E-state index in [4.69, 9.17) is 4.74 Å².